The third-order valence-corrected chi connectivity index (χ3v) is 5.37. The second-order valence-electron chi connectivity index (χ2n) is 6.23. The van der Waals surface area contributed by atoms with Gasteiger partial charge in [0.05, 0.1) is 5.69 Å². The zero-order valence-corrected chi connectivity index (χ0v) is 16.6. The number of hydrogen-bond acceptors (Lipinski definition) is 5. The van der Waals surface area contributed by atoms with E-state index in [2.05, 4.69) is 10.8 Å². The number of fused-ring (bicyclic) bond motifs is 1. The Morgan fingerprint density at radius 2 is 1.79 bits per heavy atom. The van der Waals surface area contributed by atoms with Gasteiger partial charge in [0, 0.05) is 20.9 Å². The van der Waals surface area contributed by atoms with Gasteiger partial charge in [-0.05, 0) is 78.7 Å². The smallest absolute Gasteiger partial charge is 0.230 e. The number of ketones is 1. The first-order valence-corrected chi connectivity index (χ1v) is 9.82. The van der Waals surface area contributed by atoms with Crippen molar-refractivity contribution in [3.63, 3.8) is 0 Å². The van der Waals surface area contributed by atoms with E-state index in [1.807, 2.05) is 43.4 Å². The van der Waals surface area contributed by atoms with Gasteiger partial charge in [0.25, 0.3) is 0 Å². The van der Waals surface area contributed by atoms with Crippen LogP contribution in [0.2, 0.25) is 5.02 Å². The molecule has 0 saturated heterocycles. The second-order valence-corrected chi connectivity index (χ2v) is 7.75. The van der Waals surface area contributed by atoms with E-state index in [1.165, 1.54) is 0 Å². The number of carbonyl (C=O) groups is 1. The number of nitrogens with one attached hydrogen (secondary N) is 1. The highest BCUT2D eigenvalue weighted by atomic mass is 35.5. The molecular weight excluding hydrogens is 392 g/mol. The van der Waals surface area contributed by atoms with Gasteiger partial charge in [-0.1, -0.05) is 29.8 Å². The van der Waals surface area contributed by atoms with Crippen molar-refractivity contribution >= 4 is 46.0 Å². The third-order valence-electron chi connectivity index (χ3n) is 4.43. The van der Waals surface area contributed by atoms with Crippen LogP contribution in [0.4, 0.5) is 5.69 Å². The minimum Gasteiger partial charge on any atom is -0.450 e. The maximum absolute atomic E-state index is 12.8. The molecule has 0 spiro atoms. The molecule has 1 heterocycles. The van der Waals surface area contributed by atoms with E-state index in [0.717, 1.165) is 21.4 Å². The minimum atomic E-state index is -0.265. The SMILES string of the molecule is CNSc1cccc(-c2ccc3c(N)c(C(=O)c4ccc(Cl)cc4)oc3c2)c1. The standard InChI is InChI=1S/C22H17ClN2O2S/c1-25-28-17-4-2-3-14(11-17)15-7-10-18-19(12-15)27-22(20(18)24)21(26)13-5-8-16(23)9-6-13/h2-12,25H,24H2,1H3. The number of hydrogen-bond donors (Lipinski definition) is 2. The summed E-state index contributed by atoms with van der Waals surface area (Å²) in [6.07, 6.45) is 0. The van der Waals surface area contributed by atoms with Crippen LogP contribution in [-0.2, 0) is 0 Å². The first kappa shape index (κ1) is 18.6. The van der Waals surface area contributed by atoms with E-state index in [-0.39, 0.29) is 11.5 Å². The summed E-state index contributed by atoms with van der Waals surface area (Å²) in [5.74, 6) is -0.117. The molecule has 0 fully saturated rings. The summed E-state index contributed by atoms with van der Waals surface area (Å²) in [5.41, 5.74) is 9.67. The monoisotopic (exact) mass is 408 g/mol. The third kappa shape index (κ3) is 3.52. The van der Waals surface area contributed by atoms with Crippen LogP contribution >= 0.6 is 23.5 Å². The molecule has 6 heteroatoms. The number of nitrogens with two attached hydrogens (primary N) is 1. The number of rotatable bonds is 5. The van der Waals surface area contributed by atoms with Crippen LogP contribution < -0.4 is 10.5 Å². The van der Waals surface area contributed by atoms with Gasteiger partial charge in [-0.2, -0.15) is 0 Å². The predicted octanol–water partition coefficient (Wildman–Crippen LogP) is 5.79. The number of benzene rings is 3. The number of halogens is 1. The molecule has 28 heavy (non-hydrogen) atoms. The summed E-state index contributed by atoms with van der Waals surface area (Å²) in [6, 6.07) is 20.6. The molecule has 0 aliphatic rings. The Kier molecular flexibility index (Phi) is 5.13. The fourth-order valence-corrected chi connectivity index (χ4v) is 3.75. The van der Waals surface area contributed by atoms with Crippen LogP contribution in [0, 0.1) is 0 Å². The van der Waals surface area contributed by atoms with E-state index in [0.29, 0.717) is 21.9 Å². The van der Waals surface area contributed by atoms with Gasteiger partial charge in [-0.3, -0.25) is 9.52 Å². The molecule has 3 aromatic carbocycles. The summed E-state index contributed by atoms with van der Waals surface area (Å²) in [6.45, 7) is 0. The van der Waals surface area contributed by atoms with Crippen molar-refractivity contribution in [2.75, 3.05) is 12.8 Å². The van der Waals surface area contributed by atoms with Crippen molar-refractivity contribution in [1.29, 1.82) is 0 Å². The Hall–Kier alpha value is -2.73. The van der Waals surface area contributed by atoms with E-state index in [4.69, 9.17) is 21.8 Å². The molecule has 4 aromatic rings. The van der Waals surface area contributed by atoms with Gasteiger partial charge in [0.2, 0.25) is 5.78 Å². The molecule has 0 bridgehead atoms. The Labute approximate surface area is 171 Å². The fraction of sp³-hybridized carbons (Fsp3) is 0.0455. The Balaban J connectivity index is 1.74. The van der Waals surface area contributed by atoms with E-state index >= 15 is 0 Å². The van der Waals surface area contributed by atoms with Gasteiger partial charge in [-0.25, -0.2) is 0 Å². The van der Waals surface area contributed by atoms with Gasteiger partial charge >= 0.3 is 0 Å². The molecule has 0 atom stereocenters. The maximum atomic E-state index is 12.8. The topological polar surface area (TPSA) is 68.3 Å². The molecule has 4 nitrogen and oxygen atoms in total. The highest BCUT2D eigenvalue weighted by molar-refractivity contribution is 7.97. The van der Waals surface area contributed by atoms with E-state index in [1.54, 1.807) is 36.2 Å². The number of nitrogen functional groups attached to an aromatic ring is 1. The molecular formula is C22H17ClN2O2S. The molecule has 0 radical (unpaired) electrons. The molecule has 3 N–H and O–H groups in total. The zero-order chi connectivity index (χ0) is 19.7. The highest BCUT2D eigenvalue weighted by Gasteiger charge is 2.20. The molecule has 0 aliphatic carbocycles. The minimum absolute atomic E-state index is 0.147. The van der Waals surface area contributed by atoms with Crippen molar-refractivity contribution in [2.24, 2.45) is 0 Å². The summed E-state index contributed by atoms with van der Waals surface area (Å²) >= 11 is 7.45. The van der Waals surface area contributed by atoms with E-state index < -0.39 is 0 Å². The lowest BCUT2D eigenvalue weighted by molar-refractivity contribution is 0.101. The average Bonchev–Trinajstić information content (AvgIpc) is 3.04. The maximum Gasteiger partial charge on any atom is 0.230 e. The van der Waals surface area contributed by atoms with Crippen LogP contribution in [0.3, 0.4) is 0 Å². The van der Waals surface area contributed by atoms with Crippen molar-refractivity contribution in [1.82, 2.24) is 4.72 Å². The highest BCUT2D eigenvalue weighted by Crippen LogP contribution is 2.34. The Morgan fingerprint density at radius 3 is 2.54 bits per heavy atom. The Bertz CT molecular complexity index is 1170. The molecule has 0 unspecified atom stereocenters. The van der Waals surface area contributed by atoms with Gasteiger partial charge in [0.1, 0.15) is 5.58 Å². The molecule has 0 amide bonds. The molecule has 1 aromatic heterocycles. The van der Waals surface area contributed by atoms with Crippen LogP contribution in [0.1, 0.15) is 16.1 Å². The van der Waals surface area contributed by atoms with Crippen LogP contribution in [-0.4, -0.2) is 12.8 Å². The van der Waals surface area contributed by atoms with Crippen molar-refractivity contribution in [2.45, 2.75) is 4.90 Å². The summed E-state index contributed by atoms with van der Waals surface area (Å²) in [5, 5.41) is 1.29. The predicted molar refractivity (Wildman–Crippen MR) is 116 cm³/mol. The molecule has 0 aliphatic heterocycles. The molecule has 0 saturated carbocycles. The first-order chi connectivity index (χ1) is 13.6. The lowest BCUT2D eigenvalue weighted by atomic mass is 10.0. The summed E-state index contributed by atoms with van der Waals surface area (Å²) < 4.78 is 8.93. The van der Waals surface area contributed by atoms with Crippen molar-refractivity contribution < 1.29 is 9.21 Å². The van der Waals surface area contributed by atoms with Gasteiger partial charge in [-0.15, -0.1) is 0 Å². The van der Waals surface area contributed by atoms with Crippen LogP contribution in [0.25, 0.3) is 22.1 Å². The van der Waals surface area contributed by atoms with Gasteiger partial charge in [0.15, 0.2) is 5.76 Å². The quantitative estimate of drug-likeness (QED) is 0.323. The van der Waals surface area contributed by atoms with Crippen molar-refractivity contribution in [3.05, 3.63) is 83.1 Å². The lowest BCUT2D eigenvalue weighted by Crippen LogP contribution is -2.02. The average molecular weight is 409 g/mol. The lowest BCUT2D eigenvalue weighted by Gasteiger charge is -2.04. The summed E-state index contributed by atoms with van der Waals surface area (Å²) in [7, 11) is 1.88. The zero-order valence-electron chi connectivity index (χ0n) is 15.0. The first-order valence-electron chi connectivity index (χ1n) is 8.63. The van der Waals surface area contributed by atoms with Crippen LogP contribution in [0.15, 0.2) is 76.0 Å². The largest absolute Gasteiger partial charge is 0.450 e. The number of furan rings is 1. The summed E-state index contributed by atoms with van der Waals surface area (Å²) in [4.78, 5) is 13.9. The molecule has 140 valence electrons. The number of carbonyl (C=O) groups excluding carboxylic acids is 1. The second kappa shape index (κ2) is 7.72. The Morgan fingerprint density at radius 1 is 1.04 bits per heavy atom. The number of anilines is 1. The normalized spacial score (nSPS) is 11.1. The van der Waals surface area contributed by atoms with Crippen molar-refractivity contribution in [3.8, 4) is 11.1 Å². The van der Waals surface area contributed by atoms with E-state index in [9.17, 15) is 4.79 Å². The molecule has 4 rings (SSSR count). The van der Waals surface area contributed by atoms with Crippen LogP contribution in [0.5, 0.6) is 0 Å². The van der Waals surface area contributed by atoms with Gasteiger partial charge < -0.3 is 10.2 Å². The fourth-order valence-electron chi connectivity index (χ4n) is 3.05.